The van der Waals surface area contributed by atoms with Crippen molar-refractivity contribution >= 4 is 15.8 Å². The largest absolute Gasteiger partial charge is 0.353 e. The second-order valence-corrected chi connectivity index (χ2v) is 10.8. The summed E-state index contributed by atoms with van der Waals surface area (Å²) in [5.41, 5.74) is 3.07. The molecule has 3 rings (SSSR count). The van der Waals surface area contributed by atoms with Crippen molar-refractivity contribution in [2.45, 2.75) is 64.2 Å². The molecule has 7 heteroatoms. The molecule has 164 valence electrons. The van der Waals surface area contributed by atoms with Gasteiger partial charge in [0.05, 0.1) is 11.1 Å². The highest BCUT2D eigenvalue weighted by Crippen LogP contribution is 2.37. The summed E-state index contributed by atoms with van der Waals surface area (Å²) in [4.78, 5) is 11.1. The molecule has 0 bridgehead atoms. The molecule has 1 aliphatic rings. The molecule has 0 spiro atoms. The van der Waals surface area contributed by atoms with E-state index in [2.05, 4.69) is 68.5 Å². The topological polar surface area (TPSA) is 66.4 Å². The Hall–Kier alpha value is -1.99. The molecule has 1 aromatic heterocycles. The maximum atomic E-state index is 13.8. The van der Waals surface area contributed by atoms with Gasteiger partial charge in [0, 0.05) is 38.6 Å². The first-order valence-electron chi connectivity index (χ1n) is 10.8. The van der Waals surface area contributed by atoms with Gasteiger partial charge in [-0.1, -0.05) is 53.7 Å². The van der Waals surface area contributed by atoms with E-state index in [0.717, 1.165) is 16.9 Å². The van der Waals surface area contributed by atoms with Gasteiger partial charge < -0.3 is 4.90 Å². The third kappa shape index (κ3) is 4.52. The Morgan fingerprint density at radius 1 is 0.833 bits per heavy atom. The average molecular weight is 431 g/mol. The zero-order valence-corrected chi connectivity index (χ0v) is 19.8. The summed E-state index contributed by atoms with van der Waals surface area (Å²) in [5.74, 6) is 1.41. The van der Waals surface area contributed by atoms with Crippen molar-refractivity contribution in [3.63, 3.8) is 0 Å². The van der Waals surface area contributed by atoms with Crippen LogP contribution in [0.25, 0.3) is 0 Å². The number of rotatable bonds is 6. The number of hydrogen-bond donors (Lipinski definition) is 0. The SMILES string of the molecule is CC(C)c1cc(C(C)C)c(S(=O)(=O)N2CCN(c3cnccn3)CC2)c(C(C)C)c1. The first-order valence-corrected chi connectivity index (χ1v) is 12.3. The number of benzene rings is 1. The van der Waals surface area contributed by atoms with E-state index in [0.29, 0.717) is 37.0 Å². The monoisotopic (exact) mass is 430 g/mol. The van der Waals surface area contributed by atoms with Gasteiger partial charge in [-0.05, 0) is 34.4 Å². The summed E-state index contributed by atoms with van der Waals surface area (Å²) < 4.78 is 29.3. The summed E-state index contributed by atoms with van der Waals surface area (Å²) in [6.45, 7) is 14.7. The lowest BCUT2D eigenvalue weighted by atomic mass is 9.89. The molecule has 6 nitrogen and oxygen atoms in total. The third-order valence-electron chi connectivity index (χ3n) is 5.79. The van der Waals surface area contributed by atoms with Crippen LogP contribution >= 0.6 is 0 Å². The second-order valence-electron chi connectivity index (χ2n) is 8.95. The van der Waals surface area contributed by atoms with Gasteiger partial charge in [-0.25, -0.2) is 13.4 Å². The lowest BCUT2D eigenvalue weighted by molar-refractivity contribution is 0.382. The van der Waals surface area contributed by atoms with E-state index in [-0.39, 0.29) is 11.8 Å². The Morgan fingerprint density at radius 3 is 1.83 bits per heavy atom. The molecule has 0 saturated carbocycles. The molecule has 0 atom stereocenters. The standard InChI is InChI=1S/C23H34N4O2S/c1-16(2)19-13-20(17(3)4)23(21(14-19)18(5)6)30(28,29)27-11-9-26(10-12-27)22-15-24-7-8-25-22/h7-8,13-18H,9-12H2,1-6H3. The lowest BCUT2D eigenvalue weighted by Gasteiger charge is -2.35. The van der Waals surface area contributed by atoms with E-state index >= 15 is 0 Å². The van der Waals surface area contributed by atoms with Gasteiger partial charge in [-0.15, -0.1) is 0 Å². The fraction of sp³-hybridized carbons (Fsp3) is 0.565. The number of aromatic nitrogens is 2. The summed E-state index contributed by atoms with van der Waals surface area (Å²) in [6, 6.07) is 4.20. The van der Waals surface area contributed by atoms with E-state index in [4.69, 9.17) is 0 Å². The molecule has 0 unspecified atom stereocenters. The Kier molecular flexibility index (Phi) is 6.82. The zero-order chi connectivity index (χ0) is 22.1. The highest BCUT2D eigenvalue weighted by atomic mass is 32.2. The first kappa shape index (κ1) is 22.7. The van der Waals surface area contributed by atoms with Crippen LogP contribution in [0.3, 0.4) is 0 Å². The van der Waals surface area contributed by atoms with Crippen LogP contribution in [0.15, 0.2) is 35.6 Å². The number of anilines is 1. The third-order valence-corrected chi connectivity index (χ3v) is 7.82. The molecular formula is C23H34N4O2S. The van der Waals surface area contributed by atoms with Crippen molar-refractivity contribution in [2.24, 2.45) is 0 Å². The van der Waals surface area contributed by atoms with Crippen LogP contribution in [-0.4, -0.2) is 48.9 Å². The quantitative estimate of drug-likeness (QED) is 0.681. The van der Waals surface area contributed by atoms with E-state index in [9.17, 15) is 8.42 Å². The van der Waals surface area contributed by atoms with Gasteiger partial charge in [0.2, 0.25) is 10.0 Å². The van der Waals surface area contributed by atoms with E-state index < -0.39 is 10.0 Å². The zero-order valence-electron chi connectivity index (χ0n) is 19.0. The molecule has 0 N–H and O–H groups in total. The number of piperazine rings is 1. The summed E-state index contributed by atoms with van der Waals surface area (Å²) >= 11 is 0. The van der Waals surface area contributed by atoms with Crippen LogP contribution in [-0.2, 0) is 10.0 Å². The van der Waals surface area contributed by atoms with Crippen molar-refractivity contribution in [3.05, 3.63) is 47.4 Å². The molecule has 1 saturated heterocycles. The molecule has 0 aliphatic carbocycles. The van der Waals surface area contributed by atoms with E-state index in [1.807, 2.05) is 0 Å². The maximum absolute atomic E-state index is 13.8. The molecule has 1 aromatic carbocycles. The van der Waals surface area contributed by atoms with Crippen LogP contribution in [0.4, 0.5) is 5.82 Å². The molecular weight excluding hydrogens is 396 g/mol. The predicted molar refractivity (Wildman–Crippen MR) is 122 cm³/mol. The van der Waals surface area contributed by atoms with Gasteiger partial charge >= 0.3 is 0 Å². The smallest absolute Gasteiger partial charge is 0.243 e. The van der Waals surface area contributed by atoms with Gasteiger partial charge in [-0.3, -0.25) is 4.98 Å². The van der Waals surface area contributed by atoms with Gasteiger partial charge in [0.25, 0.3) is 0 Å². The second kappa shape index (κ2) is 9.02. The fourth-order valence-corrected chi connectivity index (χ4v) is 6.02. The highest BCUT2D eigenvalue weighted by molar-refractivity contribution is 7.89. The van der Waals surface area contributed by atoms with Crippen LogP contribution < -0.4 is 4.90 Å². The Labute approximate surface area is 181 Å². The lowest BCUT2D eigenvalue weighted by Crippen LogP contribution is -2.49. The van der Waals surface area contributed by atoms with Crippen molar-refractivity contribution in [1.82, 2.24) is 14.3 Å². The summed E-state index contributed by atoms with van der Waals surface area (Å²) in [5, 5.41) is 0. The number of sulfonamides is 1. The number of hydrogen-bond acceptors (Lipinski definition) is 5. The Morgan fingerprint density at radius 2 is 1.40 bits per heavy atom. The molecule has 30 heavy (non-hydrogen) atoms. The summed E-state index contributed by atoms with van der Waals surface area (Å²) in [6.07, 6.45) is 5.03. The van der Waals surface area contributed by atoms with Gasteiger partial charge in [0.1, 0.15) is 5.82 Å². The first-order chi connectivity index (χ1) is 14.1. The molecule has 2 aromatic rings. The maximum Gasteiger partial charge on any atom is 0.243 e. The molecule has 1 aliphatic heterocycles. The fourth-order valence-electron chi connectivity index (χ4n) is 3.93. The van der Waals surface area contributed by atoms with E-state index in [1.54, 1.807) is 22.9 Å². The minimum Gasteiger partial charge on any atom is -0.353 e. The van der Waals surface area contributed by atoms with Crippen molar-refractivity contribution in [1.29, 1.82) is 0 Å². The normalized spacial score (nSPS) is 16.1. The van der Waals surface area contributed by atoms with Gasteiger partial charge in [0.15, 0.2) is 0 Å². The van der Waals surface area contributed by atoms with Crippen LogP contribution in [0.1, 0.15) is 76.0 Å². The Balaban J connectivity index is 1.98. The number of nitrogens with zero attached hydrogens (tertiary/aromatic N) is 4. The van der Waals surface area contributed by atoms with Gasteiger partial charge in [-0.2, -0.15) is 4.31 Å². The average Bonchev–Trinajstić information content (AvgIpc) is 2.73. The predicted octanol–water partition coefficient (Wildman–Crippen LogP) is 4.36. The molecule has 0 radical (unpaired) electrons. The Bertz CT molecular complexity index is 935. The van der Waals surface area contributed by atoms with Crippen molar-refractivity contribution in [3.8, 4) is 0 Å². The minimum absolute atomic E-state index is 0.131. The van der Waals surface area contributed by atoms with E-state index in [1.165, 1.54) is 5.56 Å². The summed E-state index contributed by atoms with van der Waals surface area (Å²) in [7, 11) is -3.59. The molecule has 1 fully saturated rings. The van der Waals surface area contributed by atoms with Crippen LogP contribution in [0, 0.1) is 0 Å². The highest BCUT2D eigenvalue weighted by Gasteiger charge is 2.34. The van der Waals surface area contributed by atoms with Crippen molar-refractivity contribution < 1.29 is 8.42 Å². The van der Waals surface area contributed by atoms with Crippen LogP contribution in [0.2, 0.25) is 0 Å². The van der Waals surface area contributed by atoms with Crippen LogP contribution in [0.5, 0.6) is 0 Å². The molecule has 0 amide bonds. The van der Waals surface area contributed by atoms with Crippen molar-refractivity contribution in [2.75, 3.05) is 31.1 Å². The minimum atomic E-state index is -3.59. The molecule has 2 heterocycles.